The molecule has 0 aromatic carbocycles. The summed E-state index contributed by atoms with van der Waals surface area (Å²) in [6, 6.07) is 0.908. The maximum Gasteiger partial charge on any atom is 0.407 e. The summed E-state index contributed by atoms with van der Waals surface area (Å²) in [4.78, 5) is 11.6. The Morgan fingerprint density at radius 3 is 2.37 bits per heavy atom. The van der Waals surface area contributed by atoms with Crippen LogP contribution in [0.5, 0.6) is 0 Å². The number of rotatable bonds is 5. The Hall–Kier alpha value is -0.810. The van der Waals surface area contributed by atoms with E-state index in [2.05, 4.69) is 17.6 Å². The maximum atomic E-state index is 11.6. The molecule has 5 heteroatoms. The Balaban J connectivity index is 2.18. The quantitative estimate of drug-likeness (QED) is 0.711. The molecular weight excluding hydrogens is 244 g/mol. The van der Waals surface area contributed by atoms with Crippen LogP contribution in [0.2, 0.25) is 0 Å². The summed E-state index contributed by atoms with van der Waals surface area (Å²) < 4.78 is 5.21. The lowest BCUT2D eigenvalue weighted by atomic mass is 9.85. The summed E-state index contributed by atoms with van der Waals surface area (Å²) >= 11 is 0. The lowest BCUT2D eigenvalue weighted by molar-refractivity contribution is 0.0460. The van der Waals surface area contributed by atoms with Crippen molar-refractivity contribution in [1.29, 1.82) is 0 Å². The van der Waals surface area contributed by atoms with Crippen molar-refractivity contribution >= 4 is 6.09 Å². The summed E-state index contributed by atoms with van der Waals surface area (Å²) in [5.74, 6) is 0.248. The minimum atomic E-state index is -0.448. The molecule has 0 aliphatic heterocycles. The summed E-state index contributed by atoms with van der Waals surface area (Å²) in [6.07, 6.45) is 1.50. The van der Waals surface area contributed by atoms with Gasteiger partial charge in [0.15, 0.2) is 0 Å². The molecule has 1 aliphatic rings. The number of carbonyl (C=O) groups is 1. The van der Waals surface area contributed by atoms with Crippen LogP contribution in [0.4, 0.5) is 4.79 Å². The zero-order chi connectivity index (χ0) is 14.6. The zero-order valence-electron chi connectivity index (χ0n) is 12.7. The van der Waals surface area contributed by atoms with E-state index in [0.717, 1.165) is 12.8 Å². The van der Waals surface area contributed by atoms with E-state index in [0.29, 0.717) is 6.04 Å². The molecule has 1 aliphatic carbocycles. The van der Waals surface area contributed by atoms with Crippen LogP contribution < -0.4 is 10.6 Å². The number of nitrogens with one attached hydrogen (secondary N) is 2. The van der Waals surface area contributed by atoms with E-state index < -0.39 is 5.60 Å². The lowest BCUT2D eigenvalue weighted by Gasteiger charge is -2.39. The zero-order valence-corrected chi connectivity index (χ0v) is 12.7. The van der Waals surface area contributed by atoms with Crippen molar-refractivity contribution in [3.05, 3.63) is 0 Å². The van der Waals surface area contributed by atoms with Gasteiger partial charge in [0.25, 0.3) is 0 Å². The van der Waals surface area contributed by atoms with Crippen LogP contribution in [-0.4, -0.2) is 41.5 Å². The first-order valence-corrected chi connectivity index (χ1v) is 7.07. The highest BCUT2D eigenvalue weighted by molar-refractivity contribution is 5.68. The second kappa shape index (κ2) is 6.57. The van der Waals surface area contributed by atoms with E-state index in [4.69, 9.17) is 9.84 Å². The Bertz CT molecular complexity index is 296. The predicted octanol–water partition coefficient (Wildman–Crippen LogP) is 1.65. The topological polar surface area (TPSA) is 70.6 Å². The second-order valence-electron chi connectivity index (χ2n) is 6.63. The lowest BCUT2D eigenvalue weighted by Crippen LogP contribution is -2.55. The van der Waals surface area contributed by atoms with E-state index in [1.54, 1.807) is 0 Å². The number of amides is 1. The fourth-order valence-corrected chi connectivity index (χ4v) is 2.04. The van der Waals surface area contributed by atoms with Gasteiger partial charge in [-0.2, -0.15) is 0 Å². The highest BCUT2D eigenvalue weighted by atomic mass is 16.6. The van der Waals surface area contributed by atoms with Crippen LogP contribution in [-0.2, 0) is 4.74 Å². The van der Waals surface area contributed by atoms with Gasteiger partial charge in [0.1, 0.15) is 5.60 Å². The second-order valence-corrected chi connectivity index (χ2v) is 6.63. The Kier molecular flexibility index (Phi) is 5.62. The summed E-state index contributed by atoms with van der Waals surface area (Å²) in [6.45, 7) is 9.86. The van der Waals surface area contributed by atoms with E-state index >= 15 is 0 Å². The van der Waals surface area contributed by atoms with E-state index in [9.17, 15) is 4.79 Å². The molecule has 112 valence electrons. The predicted molar refractivity (Wildman–Crippen MR) is 75.0 cm³/mol. The van der Waals surface area contributed by atoms with Gasteiger partial charge in [0.05, 0.1) is 0 Å². The smallest absolute Gasteiger partial charge is 0.407 e. The number of hydrogen-bond donors (Lipinski definition) is 3. The Morgan fingerprint density at radius 1 is 1.32 bits per heavy atom. The molecule has 0 bridgehead atoms. The third kappa shape index (κ3) is 5.78. The van der Waals surface area contributed by atoms with E-state index in [1.165, 1.54) is 0 Å². The molecule has 1 saturated carbocycles. The van der Waals surface area contributed by atoms with Crippen molar-refractivity contribution < 1.29 is 14.6 Å². The summed E-state index contributed by atoms with van der Waals surface area (Å²) in [5, 5.41) is 15.4. The minimum absolute atomic E-state index is 0.195. The van der Waals surface area contributed by atoms with Crippen molar-refractivity contribution in [2.45, 2.75) is 71.2 Å². The van der Waals surface area contributed by atoms with Crippen LogP contribution in [0.1, 0.15) is 47.5 Å². The maximum absolute atomic E-state index is 11.6. The fourth-order valence-electron chi connectivity index (χ4n) is 2.04. The molecule has 2 atom stereocenters. The molecular formula is C14H28N2O3. The van der Waals surface area contributed by atoms with Crippen LogP contribution in [0.25, 0.3) is 0 Å². The molecule has 1 fully saturated rings. The van der Waals surface area contributed by atoms with Gasteiger partial charge in [-0.1, -0.05) is 6.92 Å². The molecule has 0 aromatic heterocycles. The van der Waals surface area contributed by atoms with Crippen molar-refractivity contribution in [2.75, 3.05) is 6.61 Å². The number of aliphatic hydroxyl groups excluding tert-OH is 1. The van der Waals surface area contributed by atoms with Crippen molar-refractivity contribution in [2.24, 2.45) is 5.92 Å². The van der Waals surface area contributed by atoms with E-state index in [-0.39, 0.29) is 30.7 Å². The third-order valence-corrected chi connectivity index (χ3v) is 3.50. The molecule has 2 unspecified atom stereocenters. The van der Waals surface area contributed by atoms with E-state index in [1.807, 2.05) is 27.7 Å². The molecule has 0 heterocycles. The fraction of sp³-hybridized carbons (Fsp3) is 0.929. The number of carbonyl (C=O) groups excluding carboxylic acids is 1. The molecule has 0 spiro atoms. The first-order valence-electron chi connectivity index (χ1n) is 7.07. The van der Waals surface area contributed by atoms with Gasteiger partial charge in [0, 0.05) is 24.7 Å². The Morgan fingerprint density at radius 2 is 1.89 bits per heavy atom. The average molecular weight is 272 g/mol. The van der Waals surface area contributed by atoms with Gasteiger partial charge in [-0.3, -0.25) is 0 Å². The van der Waals surface area contributed by atoms with Crippen LogP contribution >= 0.6 is 0 Å². The number of aliphatic hydroxyl groups is 1. The first-order chi connectivity index (χ1) is 8.71. The van der Waals surface area contributed by atoms with Gasteiger partial charge in [-0.25, -0.2) is 4.79 Å². The summed E-state index contributed by atoms with van der Waals surface area (Å²) in [7, 11) is 0. The van der Waals surface area contributed by atoms with Crippen LogP contribution in [0.3, 0.4) is 0 Å². The van der Waals surface area contributed by atoms with Crippen molar-refractivity contribution in [3.63, 3.8) is 0 Å². The molecule has 0 aromatic rings. The van der Waals surface area contributed by atoms with Crippen LogP contribution in [0, 0.1) is 5.92 Å². The van der Waals surface area contributed by atoms with Gasteiger partial charge < -0.3 is 20.5 Å². The average Bonchev–Trinajstić information content (AvgIpc) is 2.22. The number of hydrogen-bond acceptors (Lipinski definition) is 4. The molecule has 19 heavy (non-hydrogen) atoms. The van der Waals surface area contributed by atoms with Crippen molar-refractivity contribution in [1.82, 2.24) is 10.6 Å². The first kappa shape index (κ1) is 16.2. The number of ether oxygens (including phenoxy) is 1. The monoisotopic (exact) mass is 272 g/mol. The standard InChI is InChI=1S/C14H28N2O3/c1-9(8-17)10(2)15-11-6-12(7-11)16-13(18)19-14(3,4)5/h9-12,15,17H,6-8H2,1-5H3,(H,16,18). The SMILES string of the molecule is CC(CO)C(C)NC1CC(NC(=O)OC(C)(C)C)C1. The molecule has 3 N–H and O–H groups in total. The normalized spacial score (nSPS) is 26.2. The molecule has 1 amide bonds. The van der Waals surface area contributed by atoms with Gasteiger partial charge >= 0.3 is 6.09 Å². The van der Waals surface area contributed by atoms with Crippen molar-refractivity contribution in [3.8, 4) is 0 Å². The minimum Gasteiger partial charge on any atom is -0.444 e. The van der Waals surface area contributed by atoms with Gasteiger partial charge in [-0.05, 0) is 46.5 Å². The van der Waals surface area contributed by atoms with Gasteiger partial charge in [-0.15, -0.1) is 0 Å². The molecule has 5 nitrogen and oxygen atoms in total. The molecule has 0 saturated heterocycles. The highest BCUT2D eigenvalue weighted by Gasteiger charge is 2.32. The largest absolute Gasteiger partial charge is 0.444 e. The molecule has 1 rings (SSSR count). The summed E-state index contributed by atoms with van der Waals surface area (Å²) in [5.41, 5.74) is -0.448. The number of alkyl carbamates (subject to hydrolysis) is 1. The highest BCUT2D eigenvalue weighted by Crippen LogP contribution is 2.22. The van der Waals surface area contributed by atoms with Gasteiger partial charge in [0.2, 0.25) is 0 Å². The third-order valence-electron chi connectivity index (χ3n) is 3.50. The Labute approximate surface area is 116 Å². The molecule has 0 radical (unpaired) electrons. The van der Waals surface area contributed by atoms with Crippen LogP contribution in [0.15, 0.2) is 0 Å².